The summed E-state index contributed by atoms with van der Waals surface area (Å²) in [6.45, 7) is 5.28. The summed E-state index contributed by atoms with van der Waals surface area (Å²) < 4.78 is 32.9. The summed E-state index contributed by atoms with van der Waals surface area (Å²) in [6.07, 6.45) is 0. The lowest BCUT2D eigenvalue weighted by atomic mass is 9.99. The largest absolute Gasteiger partial charge is 0.367 e. The number of carbonyl (C=O) groups excluding carboxylic acids is 2. The van der Waals surface area contributed by atoms with Gasteiger partial charge in [-0.3, -0.25) is 9.59 Å². The molecule has 0 fully saturated rings. The standard InChI is InChI=1S/C27H26F2N2O3/c1-3-30(4-2)27(33)21-7-5-6-19(12-21)20-8-9-25-22(13-20)16-34-17-26(32)31(25)15-18-10-23(28)14-24(29)11-18/h5-14H,3-4,15-17H2,1-2H3. The van der Waals surface area contributed by atoms with Crippen LogP contribution in [0.3, 0.4) is 0 Å². The molecule has 0 spiro atoms. The van der Waals surface area contributed by atoms with E-state index in [1.165, 1.54) is 17.0 Å². The molecule has 0 aliphatic carbocycles. The van der Waals surface area contributed by atoms with Crippen molar-refractivity contribution in [2.75, 3.05) is 24.6 Å². The Hall–Kier alpha value is -3.58. The Bertz CT molecular complexity index is 1200. The maximum atomic E-state index is 13.7. The molecule has 34 heavy (non-hydrogen) atoms. The number of rotatable bonds is 6. The number of ether oxygens (including phenoxy) is 1. The van der Waals surface area contributed by atoms with Gasteiger partial charge in [0.2, 0.25) is 0 Å². The fourth-order valence-corrected chi connectivity index (χ4v) is 4.19. The van der Waals surface area contributed by atoms with Crippen LogP contribution in [0.2, 0.25) is 0 Å². The lowest BCUT2D eigenvalue weighted by molar-refractivity contribution is -0.123. The molecular formula is C27H26F2N2O3. The maximum absolute atomic E-state index is 13.7. The van der Waals surface area contributed by atoms with Gasteiger partial charge in [-0.15, -0.1) is 0 Å². The maximum Gasteiger partial charge on any atom is 0.253 e. The first-order valence-corrected chi connectivity index (χ1v) is 11.2. The zero-order chi connectivity index (χ0) is 24.2. The summed E-state index contributed by atoms with van der Waals surface area (Å²) in [5.74, 6) is -1.70. The molecule has 0 atom stereocenters. The second-order valence-corrected chi connectivity index (χ2v) is 8.15. The molecule has 0 unspecified atom stereocenters. The molecule has 3 aromatic carbocycles. The van der Waals surface area contributed by atoms with Crippen LogP contribution in [0.25, 0.3) is 11.1 Å². The molecular weight excluding hydrogens is 438 g/mol. The van der Waals surface area contributed by atoms with Gasteiger partial charge in [0.25, 0.3) is 11.8 Å². The molecule has 2 amide bonds. The number of amides is 2. The third kappa shape index (κ3) is 4.99. The predicted octanol–water partition coefficient (Wildman–Crippen LogP) is 5.18. The van der Waals surface area contributed by atoms with Crippen molar-refractivity contribution in [3.63, 3.8) is 0 Å². The quantitative estimate of drug-likeness (QED) is 0.505. The highest BCUT2D eigenvalue weighted by Gasteiger charge is 2.24. The van der Waals surface area contributed by atoms with Crippen LogP contribution < -0.4 is 4.90 Å². The Kier molecular flexibility index (Phi) is 7.03. The van der Waals surface area contributed by atoms with E-state index in [0.29, 0.717) is 29.9 Å². The highest BCUT2D eigenvalue weighted by molar-refractivity contribution is 5.97. The second kappa shape index (κ2) is 10.1. The number of anilines is 1. The van der Waals surface area contributed by atoms with Gasteiger partial charge in [-0.1, -0.05) is 18.2 Å². The van der Waals surface area contributed by atoms with Crippen molar-refractivity contribution in [3.8, 4) is 11.1 Å². The zero-order valence-electron chi connectivity index (χ0n) is 19.2. The SMILES string of the molecule is CCN(CC)C(=O)c1cccc(-c2ccc3c(c2)COCC(=O)N3Cc2cc(F)cc(F)c2)c1. The molecule has 1 heterocycles. The number of hydrogen-bond acceptors (Lipinski definition) is 3. The van der Waals surface area contributed by atoms with Gasteiger partial charge in [-0.05, 0) is 66.9 Å². The fraction of sp³-hybridized carbons (Fsp3) is 0.259. The summed E-state index contributed by atoms with van der Waals surface area (Å²) in [6, 6.07) is 16.3. The van der Waals surface area contributed by atoms with E-state index in [4.69, 9.17) is 4.74 Å². The molecule has 4 rings (SSSR count). The van der Waals surface area contributed by atoms with E-state index in [0.717, 1.165) is 22.8 Å². The Morgan fingerprint density at radius 1 is 0.941 bits per heavy atom. The van der Waals surface area contributed by atoms with Crippen LogP contribution in [0.4, 0.5) is 14.5 Å². The van der Waals surface area contributed by atoms with Crippen molar-refractivity contribution in [2.45, 2.75) is 27.0 Å². The first-order valence-electron chi connectivity index (χ1n) is 11.2. The van der Waals surface area contributed by atoms with Gasteiger partial charge in [0.05, 0.1) is 13.2 Å². The molecule has 5 nitrogen and oxygen atoms in total. The number of hydrogen-bond donors (Lipinski definition) is 0. The van der Waals surface area contributed by atoms with Gasteiger partial charge in [0, 0.05) is 36.0 Å². The van der Waals surface area contributed by atoms with E-state index < -0.39 is 11.6 Å². The van der Waals surface area contributed by atoms with Crippen LogP contribution in [0.5, 0.6) is 0 Å². The summed E-state index contributed by atoms with van der Waals surface area (Å²) in [4.78, 5) is 28.7. The highest BCUT2D eigenvalue weighted by Crippen LogP contribution is 2.32. The summed E-state index contributed by atoms with van der Waals surface area (Å²) in [5.41, 5.74) is 4.12. The average molecular weight is 465 g/mol. The monoisotopic (exact) mass is 464 g/mol. The third-order valence-corrected chi connectivity index (χ3v) is 5.91. The van der Waals surface area contributed by atoms with E-state index in [1.807, 2.05) is 50.2 Å². The van der Waals surface area contributed by atoms with E-state index in [-0.39, 0.29) is 31.6 Å². The highest BCUT2D eigenvalue weighted by atomic mass is 19.1. The van der Waals surface area contributed by atoms with Crippen LogP contribution >= 0.6 is 0 Å². The summed E-state index contributed by atoms with van der Waals surface area (Å²) >= 11 is 0. The minimum absolute atomic E-state index is 0.0240. The minimum atomic E-state index is -0.691. The van der Waals surface area contributed by atoms with Gasteiger partial charge in [-0.25, -0.2) is 8.78 Å². The molecule has 0 N–H and O–H groups in total. The lowest BCUT2D eigenvalue weighted by Gasteiger charge is -2.23. The van der Waals surface area contributed by atoms with Gasteiger partial charge in [-0.2, -0.15) is 0 Å². The van der Waals surface area contributed by atoms with E-state index in [9.17, 15) is 18.4 Å². The third-order valence-electron chi connectivity index (χ3n) is 5.91. The van der Waals surface area contributed by atoms with Crippen LogP contribution in [-0.2, 0) is 22.7 Å². The Labute approximate surface area is 197 Å². The molecule has 0 radical (unpaired) electrons. The van der Waals surface area contributed by atoms with Crippen molar-refractivity contribution < 1.29 is 23.1 Å². The Morgan fingerprint density at radius 2 is 1.65 bits per heavy atom. The van der Waals surface area contributed by atoms with E-state index >= 15 is 0 Å². The topological polar surface area (TPSA) is 49.9 Å². The summed E-state index contributed by atoms with van der Waals surface area (Å²) in [7, 11) is 0. The van der Waals surface area contributed by atoms with E-state index in [2.05, 4.69) is 0 Å². The second-order valence-electron chi connectivity index (χ2n) is 8.15. The number of nitrogens with zero attached hydrogens (tertiary/aromatic N) is 2. The molecule has 0 saturated carbocycles. The number of benzene rings is 3. The zero-order valence-corrected chi connectivity index (χ0v) is 19.2. The summed E-state index contributed by atoms with van der Waals surface area (Å²) in [5, 5.41) is 0. The average Bonchev–Trinajstić information content (AvgIpc) is 2.97. The molecule has 0 saturated heterocycles. The molecule has 7 heteroatoms. The normalized spacial score (nSPS) is 13.4. The number of carbonyl (C=O) groups is 2. The van der Waals surface area contributed by atoms with Crippen molar-refractivity contribution in [1.29, 1.82) is 0 Å². The van der Waals surface area contributed by atoms with Crippen LogP contribution in [0.15, 0.2) is 60.7 Å². The first-order chi connectivity index (χ1) is 16.4. The molecule has 3 aromatic rings. The fourth-order valence-electron chi connectivity index (χ4n) is 4.19. The lowest BCUT2D eigenvalue weighted by Crippen LogP contribution is -2.32. The molecule has 1 aliphatic heterocycles. The van der Waals surface area contributed by atoms with Gasteiger partial charge in [0.1, 0.15) is 18.2 Å². The van der Waals surface area contributed by atoms with Crippen LogP contribution in [0.1, 0.15) is 35.3 Å². The van der Waals surface area contributed by atoms with Gasteiger partial charge >= 0.3 is 0 Å². The van der Waals surface area contributed by atoms with Gasteiger partial charge < -0.3 is 14.5 Å². The Morgan fingerprint density at radius 3 is 2.35 bits per heavy atom. The molecule has 0 aromatic heterocycles. The van der Waals surface area contributed by atoms with Crippen LogP contribution in [-0.4, -0.2) is 36.4 Å². The van der Waals surface area contributed by atoms with Crippen molar-refractivity contribution in [1.82, 2.24) is 4.90 Å². The first kappa shape index (κ1) is 23.6. The van der Waals surface area contributed by atoms with Crippen molar-refractivity contribution in [3.05, 3.63) is 89.0 Å². The minimum Gasteiger partial charge on any atom is -0.367 e. The van der Waals surface area contributed by atoms with Crippen molar-refractivity contribution in [2.24, 2.45) is 0 Å². The number of fused-ring (bicyclic) bond motifs is 1. The Balaban J connectivity index is 1.67. The van der Waals surface area contributed by atoms with Gasteiger partial charge in [0.15, 0.2) is 0 Å². The van der Waals surface area contributed by atoms with E-state index in [1.54, 1.807) is 11.0 Å². The number of halogens is 2. The molecule has 176 valence electrons. The molecule has 0 bridgehead atoms. The van der Waals surface area contributed by atoms with Crippen molar-refractivity contribution >= 4 is 17.5 Å². The smallest absolute Gasteiger partial charge is 0.253 e. The van der Waals surface area contributed by atoms with Crippen LogP contribution in [0, 0.1) is 11.6 Å². The molecule has 1 aliphatic rings. The predicted molar refractivity (Wildman–Crippen MR) is 126 cm³/mol.